The highest BCUT2D eigenvalue weighted by molar-refractivity contribution is 7.99. The minimum Gasteiger partial charge on any atom is -0.486 e. The van der Waals surface area contributed by atoms with Gasteiger partial charge in [0.1, 0.15) is 13.2 Å². The van der Waals surface area contributed by atoms with Gasteiger partial charge in [-0.25, -0.2) is 4.98 Å². The van der Waals surface area contributed by atoms with Crippen molar-refractivity contribution in [2.75, 3.05) is 24.3 Å². The average Bonchev–Trinajstić information content (AvgIpc) is 2.66. The van der Waals surface area contributed by atoms with Gasteiger partial charge in [-0.2, -0.15) is 0 Å². The molecule has 0 atom stereocenters. The van der Waals surface area contributed by atoms with Gasteiger partial charge in [0, 0.05) is 17.1 Å². The van der Waals surface area contributed by atoms with Gasteiger partial charge < -0.3 is 14.8 Å². The van der Waals surface area contributed by atoms with E-state index in [1.807, 2.05) is 36.4 Å². The third kappa shape index (κ3) is 3.60. The fourth-order valence-electron chi connectivity index (χ4n) is 2.85. The molecule has 0 bridgehead atoms. The first-order valence-corrected chi connectivity index (χ1v) is 9.36. The Morgan fingerprint density at radius 2 is 1.92 bits per heavy atom. The number of hydrogen-bond acceptors (Lipinski definition) is 5. The van der Waals surface area contributed by atoms with Crippen molar-refractivity contribution in [3.63, 3.8) is 0 Å². The second-order valence-electron chi connectivity index (χ2n) is 5.99. The van der Waals surface area contributed by atoms with Gasteiger partial charge in [0.05, 0.1) is 16.3 Å². The lowest BCUT2D eigenvalue weighted by Gasteiger charge is -2.19. The smallest absolute Gasteiger partial charge is 0.234 e. The third-order valence-electron chi connectivity index (χ3n) is 4.08. The number of hydrogen-bond donors (Lipinski definition) is 1. The van der Waals surface area contributed by atoms with Crippen LogP contribution in [0.25, 0.3) is 10.9 Å². The van der Waals surface area contributed by atoms with Gasteiger partial charge in [-0.05, 0) is 36.8 Å². The molecule has 0 radical (unpaired) electrons. The third-order valence-corrected chi connectivity index (χ3v) is 4.99. The molecule has 0 spiro atoms. The van der Waals surface area contributed by atoms with E-state index >= 15 is 0 Å². The van der Waals surface area contributed by atoms with E-state index in [-0.39, 0.29) is 5.91 Å². The number of carbonyl (C=O) groups is 1. The number of pyridine rings is 1. The standard InChI is InChI=1S/C20H18N2O3S/c1-13-10-20(22-16-5-3-2-4-15(13)16)26-12-19(23)21-14-6-7-17-18(11-14)25-9-8-24-17/h2-7,10-11H,8-9,12H2,1H3,(H,21,23). The Morgan fingerprint density at radius 1 is 1.12 bits per heavy atom. The number of carbonyl (C=O) groups excluding carboxylic acids is 1. The maximum absolute atomic E-state index is 12.3. The molecule has 26 heavy (non-hydrogen) atoms. The number of aromatic nitrogens is 1. The van der Waals surface area contributed by atoms with E-state index in [2.05, 4.69) is 23.3 Å². The summed E-state index contributed by atoms with van der Waals surface area (Å²) in [6, 6.07) is 15.4. The molecule has 0 unspecified atom stereocenters. The molecule has 0 saturated heterocycles. The fourth-order valence-corrected chi connectivity index (χ4v) is 3.62. The highest BCUT2D eigenvalue weighted by Gasteiger charge is 2.13. The molecule has 1 aliphatic heterocycles. The van der Waals surface area contributed by atoms with Crippen LogP contribution in [-0.4, -0.2) is 29.9 Å². The summed E-state index contributed by atoms with van der Waals surface area (Å²) in [7, 11) is 0. The largest absolute Gasteiger partial charge is 0.486 e. The molecule has 1 aliphatic rings. The van der Waals surface area contributed by atoms with E-state index in [1.54, 1.807) is 6.07 Å². The maximum Gasteiger partial charge on any atom is 0.234 e. The number of amides is 1. The van der Waals surface area contributed by atoms with Crippen LogP contribution < -0.4 is 14.8 Å². The molecule has 2 heterocycles. The molecule has 132 valence electrons. The lowest BCUT2D eigenvalue weighted by molar-refractivity contribution is -0.113. The molecular weight excluding hydrogens is 348 g/mol. The highest BCUT2D eigenvalue weighted by Crippen LogP contribution is 2.32. The van der Waals surface area contributed by atoms with Crippen molar-refractivity contribution >= 4 is 34.3 Å². The lowest BCUT2D eigenvalue weighted by Crippen LogP contribution is -2.17. The second kappa shape index (κ2) is 7.25. The van der Waals surface area contributed by atoms with Crippen LogP contribution in [0.5, 0.6) is 11.5 Å². The van der Waals surface area contributed by atoms with Crippen molar-refractivity contribution < 1.29 is 14.3 Å². The highest BCUT2D eigenvalue weighted by atomic mass is 32.2. The Morgan fingerprint density at radius 3 is 2.81 bits per heavy atom. The van der Waals surface area contributed by atoms with Crippen LogP contribution in [0.15, 0.2) is 53.6 Å². The number of anilines is 1. The van der Waals surface area contributed by atoms with Crippen LogP contribution in [0.1, 0.15) is 5.56 Å². The van der Waals surface area contributed by atoms with E-state index in [4.69, 9.17) is 9.47 Å². The zero-order chi connectivity index (χ0) is 17.9. The molecule has 1 aromatic heterocycles. The number of nitrogens with zero attached hydrogens (tertiary/aromatic N) is 1. The first-order valence-electron chi connectivity index (χ1n) is 8.38. The zero-order valence-corrected chi connectivity index (χ0v) is 15.1. The van der Waals surface area contributed by atoms with Crippen LogP contribution in [0, 0.1) is 6.92 Å². The van der Waals surface area contributed by atoms with E-state index in [1.165, 1.54) is 11.8 Å². The van der Waals surface area contributed by atoms with Gasteiger partial charge in [0.2, 0.25) is 5.91 Å². The van der Waals surface area contributed by atoms with Gasteiger partial charge in [0.15, 0.2) is 11.5 Å². The average molecular weight is 366 g/mol. The number of rotatable bonds is 4. The monoisotopic (exact) mass is 366 g/mol. The molecule has 3 aromatic rings. The second-order valence-corrected chi connectivity index (χ2v) is 6.99. The van der Waals surface area contributed by atoms with Crippen molar-refractivity contribution in [2.45, 2.75) is 11.9 Å². The summed E-state index contributed by atoms with van der Waals surface area (Å²) in [5, 5.41) is 4.87. The van der Waals surface area contributed by atoms with Gasteiger partial charge in [-0.1, -0.05) is 30.0 Å². The molecule has 1 N–H and O–H groups in total. The van der Waals surface area contributed by atoms with E-state index in [9.17, 15) is 4.79 Å². The molecule has 6 heteroatoms. The minimum absolute atomic E-state index is 0.0840. The Balaban J connectivity index is 1.41. The number of nitrogens with one attached hydrogen (secondary N) is 1. The number of para-hydroxylation sites is 1. The summed E-state index contributed by atoms with van der Waals surface area (Å²) in [5.74, 6) is 1.58. The summed E-state index contributed by atoms with van der Waals surface area (Å²) in [5.41, 5.74) is 2.80. The van der Waals surface area contributed by atoms with E-state index < -0.39 is 0 Å². The first-order chi connectivity index (χ1) is 12.7. The quantitative estimate of drug-likeness (QED) is 0.706. The summed E-state index contributed by atoms with van der Waals surface area (Å²) in [6.07, 6.45) is 0. The Kier molecular flexibility index (Phi) is 4.67. The predicted octanol–water partition coefficient (Wildman–Crippen LogP) is 4.05. The first kappa shape index (κ1) is 16.7. The summed E-state index contributed by atoms with van der Waals surface area (Å²) in [4.78, 5) is 16.9. The summed E-state index contributed by atoms with van der Waals surface area (Å²) in [6.45, 7) is 3.13. The molecule has 1 amide bonds. The number of thioether (sulfide) groups is 1. The van der Waals surface area contributed by atoms with Crippen molar-refractivity contribution in [2.24, 2.45) is 0 Å². The van der Waals surface area contributed by atoms with Gasteiger partial charge in [-0.15, -0.1) is 0 Å². The Labute approximate surface area is 155 Å². The zero-order valence-electron chi connectivity index (χ0n) is 14.3. The predicted molar refractivity (Wildman–Crippen MR) is 103 cm³/mol. The van der Waals surface area contributed by atoms with Crippen LogP contribution in [-0.2, 0) is 4.79 Å². The van der Waals surface area contributed by atoms with Gasteiger partial charge in [0.25, 0.3) is 0 Å². The van der Waals surface area contributed by atoms with Crippen molar-refractivity contribution in [3.8, 4) is 11.5 Å². The molecule has 0 fully saturated rings. The number of benzene rings is 2. The van der Waals surface area contributed by atoms with E-state index in [0.29, 0.717) is 36.2 Å². The van der Waals surface area contributed by atoms with E-state index in [0.717, 1.165) is 21.5 Å². The Bertz CT molecular complexity index is 974. The van der Waals surface area contributed by atoms with Crippen LogP contribution in [0.2, 0.25) is 0 Å². The van der Waals surface area contributed by atoms with Crippen molar-refractivity contribution in [1.82, 2.24) is 4.98 Å². The topological polar surface area (TPSA) is 60.5 Å². The number of aryl methyl sites for hydroxylation is 1. The fraction of sp³-hybridized carbons (Fsp3) is 0.200. The summed E-state index contributed by atoms with van der Waals surface area (Å²) >= 11 is 1.43. The van der Waals surface area contributed by atoms with Crippen LogP contribution >= 0.6 is 11.8 Å². The molecule has 5 nitrogen and oxygen atoms in total. The Hall–Kier alpha value is -2.73. The maximum atomic E-state index is 12.3. The number of ether oxygens (including phenoxy) is 2. The lowest BCUT2D eigenvalue weighted by atomic mass is 10.1. The SMILES string of the molecule is Cc1cc(SCC(=O)Nc2ccc3c(c2)OCCO3)nc2ccccc12. The molecule has 2 aromatic carbocycles. The molecule has 0 aliphatic carbocycles. The van der Waals surface area contributed by atoms with Crippen molar-refractivity contribution in [3.05, 3.63) is 54.1 Å². The van der Waals surface area contributed by atoms with Crippen molar-refractivity contribution in [1.29, 1.82) is 0 Å². The molecule has 4 rings (SSSR count). The van der Waals surface area contributed by atoms with Crippen LogP contribution in [0.4, 0.5) is 5.69 Å². The normalized spacial score (nSPS) is 12.8. The van der Waals surface area contributed by atoms with Crippen LogP contribution in [0.3, 0.4) is 0 Å². The minimum atomic E-state index is -0.0840. The van der Waals surface area contributed by atoms with Gasteiger partial charge >= 0.3 is 0 Å². The number of fused-ring (bicyclic) bond motifs is 2. The van der Waals surface area contributed by atoms with Gasteiger partial charge in [-0.3, -0.25) is 4.79 Å². The molecular formula is C20H18N2O3S. The molecule has 0 saturated carbocycles. The summed E-state index contributed by atoms with van der Waals surface area (Å²) < 4.78 is 11.0.